The van der Waals surface area contributed by atoms with Gasteiger partial charge in [-0.05, 0) is 42.7 Å². The molecular formula is C16H16ClNO2S. The topological polar surface area (TPSA) is 29.5 Å². The minimum atomic E-state index is 0.0669. The summed E-state index contributed by atoms with van der Waals surface area (Å²) >= 11 is 7.27. The molecule has 1 saturated heterocycles. The zero-order chi connectivity index (χ0) is 14.8. The summed E-state index contributed by atoms with van der Waals surface area (Å²) in [6.07, 6.45) is 2.00. The molecule has 1 amide bonds. The Morgan fingerprint density at radius 1 is 1.38 bits per heavy atom. The van der Waals surface area contributed by atoms with E-state index in [1.165, 1.54) is 11.3 Å². The first-order valence-electron chi connectivity index (χ1n) is 6.89. The van der Waals surface area contributed by atoms with Crippen molar-refractivity contribution in [2.45, 2.75) is 18.9 Å². The number of rotatable bonds is 3. The lowest BCUT2D eigenvalue weighted by Gasteiger charge is -2.25. The SMILES string of the molecule is COc1cccc(C2CCCN2C(=O)c2ccc(Cl)s2)c1. The Balaban J connectivity index is 1.86. The van der Waals surface area contributed by atoms with Gasteiger partial charge in [-0.3, -0.25) is 4.79 Å². The lowest BCUT2D eigenvalue weighted by molar-refractivity contribution is 0.0740. The molecule has 1 atom stereocenters. The largest absolute Gasteiger partial charge is 0.497 e. The number of thiophene rings is 1. The fourth-order valence-corrected chi connectivity index (χ4v) is 3.78. The van der Waals surface area contributed by atoms with E-state index in [1.807, 2.05) is 23.1 Å². The van der Waals surface area contributed by atoms with Gasteiger partial charge in [0.25, 0.3) is 5.91 Å². The van der Waals surface area contributed by atoms with Gasteiger partial charge in [-0.15, -0.1) is 11.3 Å². The van der Waals surface area contributed by atoms with E-state index in [9.17, 15) is 4.79 Å². The number of nitrogens with zero attached hydrogens (tertiary/aromatic N) is 1. The summed E-state index contributed by atoms with van der Waals surface area (Å²) in [6, 6.07) is 11.7. The van der Waals surface area contributed by atoms with E-state index in [0.717, 1.165) is 30.7 Å². The number of methoxy groups -OCH3 is 1. The molecule has 21 heavy (non-hydrogen) atoms. The average molecular weight is 322 g/mol. The zero-order valence-corrected chi connectivity index (χ0v) is 13.3. The Bertz CT molecular complexity index is 655. The molecule has 0 aliphatic carbocycles. The number of amides is 1. The van der Waals surface area contributed by atoms with Crippen molar-refractivity contribution in [2.24, 2.45) is 0 Å². The molecule has 1 unspecified atom stereocenters. The van der Waals surface area contributed by atoms with Crippen LogP contribution in [0, 0.1) is 0 Å². The maximum Gasteiger partial charge on any atom is 0.264 e. The van der Waals surface area contributed by atoms with Crippen LogP contribution in [0.25, 0.3) is 0 Å². The molecule has 1 fully saturated rings. The van der Waals surface area contributed by atoms with Crippen molar-refractivity contribution in [1.29, 1.82) is 0 Å². The quantitative estimate of drug-likeness (QED) is 0.839. The third kappa shape index (κ3) is 2.92. The molecule has 110 valence electrons. The summed E-state index contributed by atoms with van der Waals surface area (Å²) in [6.45, 7) is 0.788. The van der Waals surface area contributed by atoms with Gasteiger partial charge in [0.15, 0.2) is 0 Å². The summed E-state index contributed by atoms with van der Waals surface area (Å²) in [7, 11) is 1.66. The minimum Gasteiger partial charge on any atom is -0.497 e. The molecule has 2 heterocycles. The van der Waals surface area contributed by atoms with Gasteiger partial charge in [-0.2, -0.15) is 0 Å². The molecule has 1 aliphatic rings. The Labute approximate surface area is 133 Å². The van der Waals surface area contributed by atoms with Crippen LogP contribution >= 0.6 is 22.9 Å². The van der Waals surface area contributed by atoms with Crippen LogP contribution in [0.2, 0.25) is 4.34 Å². The molecule has 3 rings (SSSR count). The van der Waals surface area contributed by atoms with E-state index in [4.69, 9.17) is 16.3 Å². The Kier molecular flexibility index (Phi) is 4.17. The van der Waals surface area contributed by atoms with Gasteiger partial charge >= 0.3 is 0 Å². The predicted molar refractivity (Wildman–Crippen MR) is 85.3 cm³/mol. The van der Waals surface area contributed by atoms with Crippen molar-refractivity contribution in [3.63, 3.8) is 0 Å². The van der Waals surface area contributed by atoms with Crippen LogP contribution in [0.5, 0.6) is 5.75 Å². The highest BCUT2D eigenvalue weighted by molar-refractivity contribution is 7.17. The number of benzene rings is 1. The summed E-state index contributed by atoms with van der Waals surface area (Å²) in [4.78, 5) is 15.3. The highest BCUT2D eigenvalue weighted by Gasteiger charge is 2.31. The van der Waals surface area contributed by atoms with Crippen molar-refractivity contribution in [2.75, 3.05) is 13.7 Å². The van der Waals surface area contributed by atoms with Crippen LogP contribution < -0.4 is 4.74 Å². The fraction of sp³-hybridized carbons (Fsp3) is 0.312. The van der Waals surface area contributed by atoms with Gasteiger partial charge in [-0.25, -0.2) is 0 Å². The number of halogens is 1. The highest BCUT2D eigenvalue weighted by Crippen LogP contribution is 2.35. The van der Waals surface area contributed by atoms with Gasteiger partial charge in [0, 0.05) is 6.54 Å². The predicted octanol–water partition coefficient (Wildman–Crippen LogP) is 4.39. The molecule has 1 aromatic carbocycles. The molecule has 1 aromatic heterocycles. The molecule has 0 N–H and O–H groups in total. The van der Waals surface area contributed by atoms with Crippen LogP contribution in [-0.2, 0) is 0 Å². The number of hydrogen-bond acceptors (Lipinski definition) is 3. The minimum absolute atomic E-state index is 0.0669. The summed E-state index contributed by atoms with van der Waals surface area (Å²) in [5, 5.41) is 0. The highest BCUT2D eigenvalue weighted by atomic mass is 35.5. The molecule has 0 saturated carbocycles. The van der Waals surface area contributed by atoms with Crippen LogP contribution in [-0.4, -0.2) is 24.5 Å². The summed E-state index contributed by atoms with van der Waals surface area (Å²) < 4.78 is 5.93. The van der Waals surface area contributed by atoms with Crippen LogP contribution in [0.3, 0.4) is 0 Å². The molecule has 0 spiro atoms. The second-order valence-electron chi connectivity index (χ2n) is 5.04. The number of likely N-dealkylation sites (tertiary alicyclic amines) is 1. The molecule has 2 aromatic rings. The monoisotopic (exact) mass is 321 g/mol. The summed E-state index contributed by atoms with van der Waals surface area (Å²) in [5.41, 5.74) is 1.13. The van der Waals surface area contributed by atoms with Gasteiger partial charge in [0.2, 0.25) is 0 Å². The number of hydrogen-bond donors (Lipinski definition) is 0. The first-order chi connectivity index (χ1) is 10.2. The van der Waals surface area contributed by atoms with Gasteiger partial charge < -0.3 is 9.64 Å². The zero-order valence-electron chi connectivity index (χ0n) is 11.7. The van der Waals surface area contributed by atoms with Gasteiger partial charge in [0.1, 0.15) is 5.75 Å². The Hall–Kier alpha value is -1.52. The molecule has 1 aliphatic heterocycles. The molecule has 0 bridgehead atoms. The lowest BCUT2D eigenvalue weighted by atomic mass is 10.0. The molecular weight excluding hydrogens is 306 g/mol. The van der Waals surface area contributed by atoms with Crippen LogP contribution in [0.4, 0.5) is 0 Å². The van der Waals surface area contributed by atoms with Crippen molar-refractivity contribution < 1.29 is 9.53 Å². The second-order valence-corrected chi connectivity index (χ2v) is 6.75. The van der Waals surface area contributed by atoms with Gasteiger partial charge in [-0.1, -0.05) is 23.7 Å². The second kappa shape index (κ2) is 6.08. The molecule has 0 radical (unpaired) electrons. The Morgan fingerprint density at radius 3 is 2.95 bits per heavy atom. The average Bonchev–Trinajstić information content (AvgIpc) is 3.15. The summed E-state index contributed by atoms with van der Waals surface area (Å²) in [5.74, 6) is 0.892. The third-order valence-electron chi connectivity index (χ3n) is 3.78. The maximum atomic E-state index is 12.6. The van der Waals surface area contributed by atoms with E-state index in [1.54, 1.807) is 19.2 Å². The number of ether oxygens (including phenoxy) is 1. The van der Waals surface area contributed by atoms with E-state index < -0.39 is 0 Å². The van der Waals surface area contributed by atoms with E-state index >= 15 is 0 Å². The maximum absolute atomic E-state index is 12.6. The van der Waals surface area contributed by atoms with E-state index in [-0.39, 0.29) is 11.9 Å². The van der Waals surface area contributed by atoms with Gasteiger partial charge in [0.05, 0.1) is 22.4 Å². The van der Waals surface area contributed by atoms with E-state index in [2.05, 4.69) is 6.07 Å². The Morgan fingerprint density at radius 2 is 2.24 bits per heavy atom. The smallest absolute Gasteiger partial charge is 0.264 e. The standard InChI is InChI=1S/C16H16ClNO2S/c1-20-12-5-2-4-11(10-12)13-6-3-9-18(13)16(19)14-7-8-15(17)21-14/h2,4-5,7-8,10,13H,3,6,9H2,1H3. The van der Waals surface area contributed by atoms with Crippen molar-refractivity contribution in [3.05, 3.63) is 51.2 Å². The van der Waals surface area contributed by atoms with Crippen LogP contribution in [0.15, 0.2) is 36.4 Å². The van der Waals surface area contributed by atoms with Crippen molar-refractivity contribution >= 4 is 28.8 Å². The third-order valence-corrected chi connectivity index (χ3v) is 5.00. The fourth-order valence-electron chi connectivity index (χ4n) is 2.78. The first-order valence-corrected chi connectivity index (χ1v) is 8.09. The van der Waals surface area contributed by atoms with Crippen molar-refractivity contribution in [3.8, 4) is 5.75 Å². The number of carbonyl (C=O) groups is 1. The number of carbonyl (C=O) groups excluding carboxylic acids is 1. The molecule has 5 heteroatoms. The normalized spacial score (nSPS) is 18.0. The lowest BCUT2D eigenvalue weighted by Crippen LogP contribution is -2.29. The molecule has 3 nitrogen and oxygen atoms in total. The van der Waals surface area contributed by atoms with Crippen molar-refractivity contribution in [1.82, 2.24) is 4.90 Å². The van der Waals surface area contributed by atoms with E-state index in [0.29, 0.717) is 9.21 Å². The first kappa shape index (κ1) is 14.4. The van der Waals surface area contributed by atoms with Crippen LogP contribution in [0.1, 0.15) is 34.1 Å².